The van der Waals surface area contributed by atoms with Gasteiger partial charge in [-0.2, -0.15) is 11.8 Å². The van der Waals surface area contributed by atoms with Crippen molar-refractivity contribution in [3.63, 3.8) is 0 Å². The Kier molecular flexibility index (Phi) is 6.00. The first-order valence-corrected chi connectivity index (χ1v) is 7.03. The quantitative estimate of drug-likeness (QED) is 0.600. The monoisotopic (exact) mass is 254 g/mol. The van der Waals surface area contributed by atoms with Gasteiger partial charge in [0.15, 0.2) is 0 Å². The molecule has 0 fully saturated rings. The number of nitrogens with zero attached hydrogens (tertiary/aromatic N) is 1. The number of nitrogens with one attached hydrogen (secondary N) is 1. The molecule has 94 valence electrons. The van der Waals surface area contributed by atoms with Crippen LogP contribution in [0.5, 0.6) is 0 Å². The second kappa shape index (κ2) is 7.29. The molecule has 1 rings (SSSR count). The highest BCUT2D eigenvalue weighted by atomic mass is 32.2. The third kappa shape index (κ3) is 4.36. The molecular weight excluding hydrogens is 236 g/mol. The van der Waals surface area contributed by atoms with E-state index < -0.39 is 0 Å². The van der Waals surface area contributed by atoms with Crippen molar-refractivity contribution in [2.24, 2.45) is 0 Å². The van der Waals surface area contributed by atoms with E-state index in [1.807, 2.05) is 6.07 Å². The maximum Gasteiger partial charge on any atom is 0.273 e. The molecular formula is C12H18N2O2S. The van der Waals surface area contributed by atoms with Gasteiger partial charge in [0.1, 0.15) is 0 Å². The summed E-state index contributed by atoms with van der Waals surface area (Å²) in [4.78, 5) is 10.5. The van der Waals surface area contributed by atoms with Gasteiger partial charge in [-0.25, -0.2) is 0 Å². The summed E-state index contributed by atoms with van der Waals surface area (Å²) >= 11 is 1.78. The van der Waals surface area contributed by atoms with Crippen LogP contribution in [0, 0.1) is 10.1 Å². The Balaban J connectivity index is 2.65. The van der Waals surface area contributed by atoms with Gasteiger partial charge < -0.3 is 5.32 Å². The number of para-hydroxylation sites is 1. The van der Waals surface area contributed by atoms with Gasteiger partial charge in [0.05, 0.1) is 4.92 Å². The maximum absolute atomic E-state index is 10.8. The van der Waals surface area contributed by atoms with Gasteiger partial charge in [-0.15, -0.1) is 0 Å². The van der Waals surface area contributed by atoms with Gasteiger partial charge in [-0.3, -0.25) is 10.1 Å². The Morgan fingerprint density at radius 3 is 2.76 bits per heavy atom. The zero-order chi connectivity index (χ0) is 12.7. The summed E-state index contributed by atoms with van der Waals surface area (Å²) in [5.74, 6) is 1.02. The fraction of sp³-hybridized carbons (Fsp3) is 0.500. The third-order valence-electron chi connectivity index (χ3n) is 2.63. The summed E-state index contributed by atoms with van der Waals surface area (Å²) in [5.41, 5.74) is 0.941. The molecule has 1 N–H and O–H groups in total. The van der Waals surface area contributed by atoms with Crippen LogP contribution in [0.4, 0.5) is 5.69 Å². The number of nitro groups is 1. The van der Waals surface area contributed by atoms with E-state index in [2.05, 4.69) is 18.5 Å². The van der Waals surface area contributed by atoms with Crippen molar-refractivity contribution in [3.05, 3.63) is 39.9 Å². The number of hydrogen-bond acceptors (Lipinski definition) is 4. The molecule has 0 saturated carbocycles. The summed E-state index contributed by atoms with van der Waals surface area (Å²) in [5, 5.41) is 14.2. The second-order valence-electron chi connectivity index (χ2n) is 3.83. The zero-order valence-electron chi connectivity index (χ0n) is 10.2. The van der Waals surface area contributed by atoms with Crippen LogP contribution in [0.15, 0.2) is 24.3 Å². The highest BCUT2D eigenvalue weighted by Crippen LogP contribution is 2.17. The lowest BCUT2D eigenvalue weighted by Crippen LogP contribution is -2.30. The molecule has 0 aromatic heterocycles. The van der Waals surface area contributed by atoms with E-state index in [1.54, 1.807) is 30.0 Å². The molecule has 1 unspecified atom stereocenters. The van der Waals surface area contributed by atoms with Crippen LogP contribution in [-0.4, -0.2) is 23.0 Å². The number of rotatable bonds is 7. The van der Waals surface area contributed by atoms with E-state index in [4.69, 9.17) is 0 Å². The van der Waals surface area contributed by atoms with Crippen LogP contribution in [-0.2, 0) is 6.54 Å². The fourth-order valence-electron chi connectivity index (χ4n) is 1.62. The van der Waals surface area contributed by atoms with Crippen LogP contribution in [0.25, 0.3) is 0 Å². The Hall–Kier alpha value is -1.07. The lowest BCUT2D eigenvalue weighted by atomic mass is 10.1. The van der Waals surface area contributed by atoms with Gasteiger partial charge in [-0.1, -0.05) is 25.1 Å². The minimum Gasteiger partial charge on any atom is -0.309 e. The molecule has 0 saturated heterocycles. The van der Waals surface area contributed by atoms with Crippen LogP contribution < -0.4 is 5.32 Å². The molecule has 0 spiro atoms. The zero-order valence-corrected chi connectivity index (χ0v) is 11.0. The van der Waals surface area contributed by atoms with Crippen molar-refractivity contribution in [2.45, 2.75) is 25.9 Å². The number of thioether (sulfide) groups is 1. The van der Waals surface area contributed by atoms with Gasteiger partial charge >= 0.3 is 0 Å². The van der Waals surface area contributed by atoms with E-state index in [-0.39, 0.29) is 10.6 Å². The van der Waals surface area contributed by atoms with Crippen LogP contribution in [0.1, 0.15) is 18.9 Å². The van der Waals surface area contributed by atoms with E-state index in [1.165, 1.54) is 0 Å². The molecule has 0 aliphatic heterocycles. The van der Waals surface area contributed by atoms with Crippen molar-refractivity contribution >= 4 is 17.4 Å². The van der Waals surface area contributed by atoms with Gasteiger partial charge in [0, 0.05) is 30.0 Å². The van der Waals surface area contributed by atoms with Crippen molar-refractivity contribution in [3.8, 4) is 0 Å². The average molecular weight is 254 g/mol. The summed E-state index contributed by atoms with van der Waals surface area (Å²) in [6.45, 7) is 2.67. The Morgan fingerprint density at radius 1 is 1.47 bits per heavy atom. The van der Waals surface area contributed by atoms with Crippen molar-refractivity contribution in [1.82, 2.24) is 5.32 Å². The van der Waals surface area contributed by atoms with E-state index >= 15 is 0 Å². The predicted molar refractivity (Wildman–Crippen MR) is 72.4 cm³/mol. The van der Waals surface area contributed by atoms with Gasteiger partial charge in [0.25, 0.3) is 5.69 Å². The van der Waals surface area contributed by atoms with Crippen molar-refractivity contribution in [2.75, 3.05) is 12.0 Å². The highest BCUT2D eigenvalue weighted by molar-refractivity contribution is 7.98. The van der Waals surface area contributed by atoms with E-state index in [0.29, 0.717) is 12.6 Å². The van der Waals surface area contributed by atoms with E-state index in [9.17, 15) is 10.1 Å². The van der Waals surface area contributed by atoms with Crippen LogP contribution in [0.3, 0.4) is 0 Å². The predicted octanol–water partition coefficient (Wildman–Crippen LogP) is 2.83. The Morgan fingerprint density at radius 2 is 2.18 bits per heavy atom. The topological polar surface area (TPSA) is 55.2 Å². The van der Waals surface area contributed by atoms with Gasteiger partial charge in [-0.05, 0) is 12.7 Å². The maximum atomic E-state index is 10.8. The second-order valence-corrected chi connectivity index (χ2v) is 4.74. The summed E-state index contributed by atoms with van der Waals surface area (Å²) < 4.78 is 0. The average Bonchev–Trinajstić information content (AvgIpc) is 2.34. The molecule has 0 aliphatic rings. The molecule has 17 heavy (non-hydrogen) atoms. The number of hydrogen-bond donors (Lipinski definition) is 1. The number of nitro benzene ring substituents is 1. The summed E-state index contributed by atoms with van der Waals surface area (Å²) in [6.07, 6.45) is 3.09. The fourth-order valence-corrected chi connectivity index (χ4v) is 2.37. The lowest BCUT2D eigenvalue weighted by Gasteiger charge is -2.15. The Labute approximate surface area is 106 Å². The summed E-state index contributed by atoms with van der Waals surface area (Å²) in [7, 11) is 0. The Bertz CT molecular complexity index is 371. The molecule has 0 aliphatic carbocycles. The molecule has 1 atom stereocenters. The van der Waals surface area contributed by atoms with Crippen LogP contribution in [0.2, 0.25) is 0 Å². The first-order valence-electron chi connectivity index (χ1n) is 5.63. The standard InChI is InChI=1S/C12H18N2O2S/c1-3-11(9-17-2)13-8-10-6-4-5-7-12(10)14(15)16/h4-7,11,13H,3,8-9H2,1-2H3. The smallest absolute Gasteiger partial charge is 0.273 e. The van der Waals surface area contributed by atoms with E-state index in [0.717, 1.165) is 17.7 Å². The van der Waals surface area contributed by atoms with Crippen molar-refractivity contribution < 1.29 is 4.92 Å². The highest BCUT2D eigenvalue weighted by Gasteiger charge is 2.13. The summed E-state index contributed by atoms with van der Waals surface area (Å²) in [6, 6.07) is 7.29. The normalized spacial score (nSPS) is 12.4. The van der Waals surface area contributed by atoms with Crippen LogP contribution >= 0.6 is 11.8 Å². The van der Waals surface area contributed by atoms with Gasteiger partial charge in [0.2, 0.25) is 0 Å². The first kappa shape index (κ1) is 14.0. The lowest BCUT2D eigenvalue weighted by molar-refractivity contribution is -0.385. The molecule has 0 bridgehead atoms. The molecule has 5 heteroatoms. The molecule has 0 amide bonds. The largest absolute Gasteiger partial charge is 0.309 e. The molecule has 1 aromatic rings. The minimum absolute atomic E-state index is 0.194. The molecule has 0 heterocycles. The molecule has 0 radical (unpaired) electrons. The molecule has 4 nitrogen and oxygen atoms in total. The van der Waals surface area contributed by atoms with Crippen molar-refractivity contribution in [1.29, 1.82) is 0 Å². The first-order chi connectivity index (χ1) is 8.19. The minimum atomic E-state index is -0.327. The molecule has 1 aromatic carbocycles. The third-order valence-corrected chi connectivity index (χ3v) is 3.37. The SMILES string of the molecule is CCC(CSC)NCc1ccccc1[N+](=O)[O-]. The number of benzene rings is 1.